The molecule has 1 N–H and O–H groups in total. The van der Waals surface area contributed by atoms with Gasteiger partial charge in [-0.1, -0.05) is 27.7 Å². The molecule has 0 saturated carbocycles. The summed E-state index contributed by atoms with van der Waals surface area (Å²) in [5.41, 5.74) is 0. The zero-order valence-corrected chi connectivity index (χ0v) is 13.8. The fourth-order valence-electron chi connectivity index (χ4n) is 2.94. The number of carbonyl (C=O) groups is 1. The van der Waals surface area contributed by atoms with Crippen LogP contribution in [0.1, 0.15) is 40.5 Å². The molecule has 118 valence electrons. The molecule has 1 fully saturated rings. The molecule has 1 unspecified atom stereocenters. The molecule has 1 aliphatic heterocycles. The van der Waals surface area contributed by atoms with Gasteiger partial charge in [-0.05, 0) is 38.4 Å². The van der Waals surface area contributed by atoms with E-state index in [1.54, 1.807) is 0 Å². The van der Waals surface area contributed by atoms with E-state index in [2.05, 4.69) is 35.9 Å². The van der Waals surface area contributed by atoms with Gasteiger partial charge >= 0.3 is 0 Å². The number of likely N-dealkylation sites (tertiary alicyclic amines) is 1. The van der Waals surface area contributed by atoms with Crippen molar-refractivity contribution in [2.75, 3.05) is 45.8 Å². The molecule has 0 spiro atoms. The van der Waals surface area contributed by atoms with Gasteiger partial charge in [-0.3, -0.25) is 4.79 Å². The Kier molecular flexibility index (Phi) is 8.15. The number of nitrogens with zero attached hydrogens (tertiary/aromatic N) is 2. The van der Waals surface area contributed by atoms with Crippen LogP contribution in [-0.4, -0.2) is 61.5 Å². The molecule has 20 heavy (non-hydrogen) atoms. The third kappa shape index (κ3) is 5.41. The molecular weight excluding hydrogens is 250 g/mol. The maximum Gasteiger partial charge on any atom is 0.226 e. The van der Waals surface area contributed by atoms with Gasteiger partial charge in [0, 0.05) is 32.1 Å². The van der Waals surface area contributed by atoms with Crippen LogP contribution < -0.4 is 5.32 Å². The maximum absolute atomic E-state index is 12.3. The van der Waals surface area contributed by atoms with E-state index < -0.39 is 0 Å². The second-order valence-electron chi connectivity index (χ2n) is 5.96. The minimum absolute atomic E-state index is 0.106. The summed E-state index contributed by atoms with van der Waals surface area (Å²) in [4.78, 5) is 16.9. The first-order chi connectivity index (χ1) is 9.62. The lowest BCUT2D eigenvalue weighted by molar-refractivity contribution is -0.136. The normalized spacial score (nSPS) is 18.6. The second kappa shape index (κ2) is 9.35. The summed E-state index contributed by atoms with van der Waals surface area (Å²) in [5.74, 6) is 1.20. The Labute approximate surface area is 124 Å². The monoisotopic (exact) mass is 283 g/mol. The lowest BCUT2D eigenvalue weighted by Gasteiger charge is -2.35. The molecule has 4 nitrogen and oxygen atoms in total. The molecule has 1 atom stereocenters. The number of nitrogens with one attached hydrogen (secondary N) is 1. The largest absolute Gasteiger partial charge is 0.342 e. The lowest BCUT2D eigenvalue weighted by atomic mass is 9.95. The van der Waals surface area contributed by atoms with Gasteiger partial charge in [-0.2, -0.15) is 0 Å². The van der Waals surface area contributed by atoms with Crippen LogP contribution in [-0.2, 0) is 4.79 Å². The highest BCUT2D eigenvalue weighted by atomic mass is 16.2. The van der Waals surface area contributed by atoms with Crippen molar-refractivity contribution < 1.29 is 4.79 Å². The van der Waals surface area contributed by atoms with Crippen molar-refractivity contribution in [3.05, 3.63) is 0 Å². The van der Waals surface area contributed by atoms with Crippen molar-refractivity contribution in [3.8, 4) is 0 Å². The first-order valence-corrected chi connectivity index (χ1v) is 8.34. The van der Waals surface area contributed by atoms with Gasteiger partial charge in [0.15, 0.2) is 0 Å². The van der Waals surface area contributed by atoms with Crippen LogP contribution in [0, 0.1) is 11.8 Å². The molecule has 1 heterocycles. The van der Waals surface area contributed by atoms with E-state index >= 15 is 0 Å². The van der Waals surface area contributed by atoms with E-state index in [4.69, 9.17) is 0 Å². The Hall–Kier alpha value is -0.610. The summed E-state index contributed by atoms with van der Waals surface area (Å²) < 4.78 is 0. The third-order valence-electron chi connectivity index (χ3n) is 4.46. The van der Waals surface area contributed by atoms with E-state index in [1.165, 1.54) is 6.54 Å². The van der Waals surface area contributed by atoms with Gasteiger partial charge in [0.1, 0.15) is 0 Å². The van der Waals surface area contributed by atoms with E-state index in [-0.39, 0.29) is 5.92 Å². The van der Waals surface area contributed by atoms with E-state index in [0.717, 1.165) is 58.0 Å². The minimum Gasteiger partial charge on any atom is -0.342 e. The number of hydrogen-bond acceptors (Lipinski definition) is 3. The van der Waals surface area contributed by atoms with Crippen molar-refractivity contribution in [1.82, 2.24) is 15.1 Å². The number of amides is 1. The van der Waals surface area contributed by atoms with Crippen LogP contribution in [0.25, 0.3) is 0 Å². The van der Waals surface area contributed by atoms with Gasteiger partial charge < -0.3 is 15.1 Å². The first kappa shape index (κ1) is 17.4. The molecule has 0 aromatic rings. The van der Waals surface area contributed by atoms with Crippen molar-refractivity contribution in [2.45, 2.75) is 40.5 Å². The molecule has 1 amide bonds. The predicted octanol–water partition coefficient (Wildman–Crippen LogP) is 1.81. The van der Waals surface area contributed by atoms with Gasteiger partial charge in [-0.25, -0.2) is 0 Å². The molecule has 0 aromatic heterocycles. The summed E-state index contributed by atoms with van der Waals surface area (Å²) in [7, 11) is 0. The van der Waals surface area contributed by atoms with E-state index in [0.29, 0.717) is 5.91 Å². The van der Waals surface area contributed by atoms with E-state index in [9.17, 15) is 4.79 Å². The minimum atomic E-state index is 0.106. The van der Waals surface area contributed by atoms with Crippen LogP contribution in [0.2, 0.25) is 0 Å². The molecule has 1 saturated heterocycles. The predicted molar refractivity (Wildman–Crippen MR) is 84.8 cm³/mol. The Morgan fingerprint density at radius 1 is 1.25 bits per heavy atom. The van der Waals surface area contributed by atoms with Crippen LogP contribution in [0.4, 0.5) is 0 Å². The Morgan fingerprint density at radius 3 is 2.35 bits per heavy atom. The highest BCUT2D eigenvalue weighted by Crippen LogP contribution is 2.19. The Morgan fingerprint density at radius 2 is 1.85 bits per heavy atom. The van der Waals surface area contributed by atoms with Crippen LogP contribution >= 0.6 is 0 Å². The van der Waals surface area contributed by atoms with Crippen molar-refractivity contribution in [1.29, 1.82) is 0 Å². The molecule has 0 bridgehead atoms. The first-order valence-electron chi connectivity index (χ1n) is 8.34. The quantitative estimate of drug-likeness (QED) is 0.738. The van der Waals surface area contributed by atoms with Crippen molar-refractivity contribution >= 4 is 5.91 Å². The summed E-state index contributed by atoms with van der Waals surface area (Å²) in [6.07, 6.45) is 2.33. The topological polar surface area (TPSA) is 35.6 Å². The highest BCUT2D eigenvalue weighted by Gasteiger charge is 2.26. The molecule has 0 aromatic carbocycles. The molecular formula is C16H33N3O. The Balaban J connectivity index is 2.32. The van der Waals surface area contributed by atoms with Gasteiger partial charge in [0.25, 0.3) is 0 Å². The summed E-state index contributed by atoms with van der Waals surface area (Å²) in [6, 6.07) is 0. The summed E-state index contributed by atoms with van der Waals surface area (Å²) in [5, 5.41) is 3.26. The van der Waals surface area contributed by atoms with Gasteiger partial charge in [0.2, 0.25) is 5.91 Å². The molecule has 4 heteroatoms. The van der Waals surface area contributed by atoms with E-state index in [1.807, 2.05) is 6.92 Å². The average Bonchev–Trinajstić information content (AvgIpc) is 2.50. The van der Waals surface area contributed by atoms with Crippen LogP contribution in [0.15, 0.2) is 0 Å². The summed E-state index contributed by atoms with van der Waals surface area (Å²) >= 11 is 0. The summed E-state index contributed by atoms with van der Waals surface area (Å²) in [6.45, 7) is 15.7. The SMILES string of the molecule is CCNCC(C)C(=O)N1CCC(CN(CC)CC)CC1. The van der Waals surface area contributed by atoms with Gasteiger partial charge in [0.05, 0.1) is 0 Å². The molecule has 0 aliphatic carbocycles. The van der Waals surface area contributed by atoms with Crippen LogP contribution in [0.5, 0.6) is 0 Å². The smallest absolute Gasteiger partial charge is 0.226 e. The zero-order chi connectivity index (χ0) is 15.0. The third-order valence-corrected chi connectivity index (χ3v) is 4.46. The molecule has 1 rings (SSSR count). The molecule has 0 radical (unpaired) electrons. The standard InChI is InChI=1S/C16H33N3O/c1-5-17-12-14(4)16(20)19-10-8-15(9-11-19)13-18(6-2)7-3/h14-15,17H,5-13H2,1-4H3. The fraction of sp³-hybridized carbons (Fsp3) is 0.938. The Bertz CT molecular complexity index is 271. The maximum atomic E-state index is 12.3. The lowest BCUT2D eigenvalue weighted by Crippen LogP contribution is -2.45. The van der Waals surface area contributed by atoms with Crippen LogP contribution in [0.3, 0.4) is 0 Å². The molecule has 1 aliphatic rings. The van der Waals surface area contributed by atoms with Crippen molar-refractivity contribution in [2.24, 2.45) is 11.8 Å². The number of hydrogen-bond donors (Lipinski definition) is 1. The zero-order valence-electron chi connectivity index (χ0n) is 13.8. The number of rotatable bonds is 8. The number of carbonyl (C=O) groups excluding carboxylic acids is 1. The number of piperidine rings is 1. The average molecular weight is 283 g/mol. The second-order valence-corrected chi connectivity index (χ2v) is 5.96. The highest BCUT2D eigenvalue weighted by molar-refractivity contribution is 5.78. The van der Waals surface area contributed by atoms with Gasteiger partial charge in [-0.15, -0.1) is 0 Å². The fourth-order valence-corrected chi connectivity index (χ4v) is 2.94. The van der Waals surface area contributed by atoms with Crippen molar-refractivity contribution in [3.63, 3.8) is 0 Å².